The lowest BCUT2D eigenvalue weighted by Gasteiger charge is -2.02. The molecule has 0 aliphatic rings. The van der Waals surface area contributed by atoms with Crippen LogP contribution in [-0.2, 0) is 19.5 Å². The van der Waals surface area contributed by atoms with Crippen molar-refractivity contribution in [2.24, 2.45) is 10.9 Å². The molecule has 0 bridgehead atoms. The number of carbonyl (C=O) groups excluding carboxylic acids is 1. The van der Waals surface area contributed by atoms with E-state index in [1.54, 1.807) is 0 Å². The second-order valence-corrected chi connectivity index (χ2v) is 5.58. The largest absolute Gasteiger partial charge is 0.371 e. The highest BCUT2D eigenvalue weighted by molar-refractivity contribution is 8.06. The fraction of sp³-hybridized carbons (Fsp3) is 0.111. The van der Waals surface area contributed by atoms with Gasteiger partial charge < -0.3 is 10.6 Å². The molecule has 0 aliphatic heterocycles. The first-order valence-corrected chi connectivity index (χ1v) is 6.87. The van der Waals surface area contributed by atoms with Crippen molar-refractivity contribution in [3.8, 4) is 0 Å². The summed E-state index contributed by atoms with van der Waals surface area (Å²) in [4.78, 5) is 14.8. The first-order valence-electron chi connectivity index (χ1n) is 4.48. The number of sulfone groups is 1. The highest BCUT2D eigenvalue weighted by Gasteiger charge is 2.20. The van der Waals surface area contributed by atoms with Crippen LogP contribution in [0.25, 0.3) is 0 Å². The topological polar surface area (TPSA) is 98.8 Å². The third-order valence-corrected chi connectivity index (χ3v) is 3.73. The molecule has 0 saturated carbocycles. The SMILES string of the molecule is N/C(=N\OC(=O)CCl)S(=O)(=O)c1ccc(Cl)cc1. The average molecular weight is 311 g/mol. The van der Waals surface area contributed by atoms with E-state index in [0.29, 0.717) is 5.02 Å². The first kappa shape index (κ1) is 14.7. The predicted octanol–water partition coefficient (Wildman–Crippen LogP) is 1.13. The molecule has 0 fully saturated rings. The van der Waals surface area contributed by atoms with Gasteiger partial charge in [-0.25, -0.2) is 13.2 Å². The Morgan fingerprint density at radius 1 is 1.33 bits per heavy atom. The van der Waals surface area contributed by atoms with Crippen molar-refractivity contribution in [1.29, 1.82) is 0 Å². The third-order valence-electron chi connectivity index (χ3n) is 1.75. The van der Waals surface area contributed by atoms with Crippen LogP contribution in [0.15, 0.2) is 34.3 Å². The molecule has 6 nitrogen and oxygen atoms in total. The molecule has 0 radical (unpaired) electrons. The maximum atomic E-state index is 11.8. The number of nitrogens with zero attached hydrogens (tertiary/aromatic N) is 1. The van der Waals surface area contributed by atoms with E-state index in [1.165, 1.54) is 24.3 Å². The zero-order chi connectivity index (χ0) is 13.8. The van der Waals surface area contributed by atoms with Crippen molar-refractivity contribution in [1.82, 2.24) is 0 Å². The van der Waals surface area contributed by atoms with Gasteiger partial charge in [0.2, 0.25) is 9.84 Å². The normalized spacial score (nSPS) is 12.2. The molecular weight excluding hydrogens is 303 g/mol. The molecule has 0 heterocycles. The van der Waals surface area contributed by atoms with E-state index in [0.717, 1.165) is 0 Å². The van der Waals surface area contributed by atoms with Crippen molar-refractivity contribution in [2.45, 2.75) is 4.90 Å². The first-order chi connectivity index (χ1) is 8.37. The summed E-state index contributed by atoms with van der Waals surface area (Å²) in [6, 6.07) is 5.27. The Morgan fingerprint density at radius 2 is 1.89 bits per heavy atom. The monoisotopic (exact) mass is 310 g/mol. The van der Waals surface area contributed by atoms with Crippen LogP contribution in [-0.4, -0.2) is 25.4 Å². The molecular formula is C9H8Cl2N2O4S. The third kappa shape index (κ3) is 3.59. The lowest BCUT2D eigenvalue weighted by Crippen LogP contribution is -2.25. The lowest BCUT2D eigenvalue weighted by molar-refractivity contribution is -0.140. The average Bonchev–Trinajstić information content (AvgIpc) is 2.35. The van der Waals surface area contributed by atoms with E-state index in [1.807, 2.05) is 0 Å². The van der Waals surface area contributed by atoms with Crippen LogP contribution >= 0.6 is 23.2 Å². The van der Waals surface area contributed by atoms with Crippen molar-refractivity contribution in [2.75, 3.05) is 5.88 Å². The van der Waals surface area contributed by atoms with Crippen molar-refractivity contribution < 1.29 is 18.0 Å². The summed E-state index contributed by atoms with van der Waals surface area (Å²) in [5.41, 5.74) is 5.23. The van der Waals surface area contributed by atoms with Crippen molar-refractivity contribution in [3.05, 3.63) is 29.3 Å². The molecule has 9 heteroatoms. The maximum absolute atomic E-state index is 11.8. The number of oxime groups is 1. The standard InChI is InChI=1S/C9H8Cl2N2O4S/c10-5-8(14)17-13-9(12)18(15,16)7-3-1-6(11)2-4-7/h1-4H,5H2,(H2,12,13). The van der Waals surface area contributed by atoms with Crippen LogP contribution in [0.1, 0.15) is 0 Å². The number of amidine groups is 1. The molecule has 0 unspecified atom stereocenters. The van der Waals surface area contributed by atoms with Gasteiger partial charge in [-0.2, -0.15) is 0 Å². The highest BCUT2D eigenvalue weighted by atomic mass is 35.5. The fourth-order valence-corrected chi connectivity index (χ4v) is 1.95. The maximum Gasteiger partial charge on any atom is 0.349 e. The Hall–Kier alpha value is -1.31. The van der Waals surface area contributed by atoms with Gasteiger partial charge in [-0.3, -0.25) is 0 Å². The molecule has 18 heavy (non-hydrogen) atoms. The molecule has 0 aromatic heterocycles. The quantitative estimate of drug-likeness (QED) is 0.296. The summed E-state index contributed by atoms with van der Waals surface area (Å²) >= 11 is 10.8. The van der Waals surface area contributed by atoms with Gasteiger partial charge in [-0.05, 0) is 29.4 Å². The van der Waals surface area contributed by atoms with E-state index in [-0.39, 0.29) is 4.90 Å². The van der Waals surface area contributed by atoms with E-state index in [4.69, 9.17) is 28.9 Å². The highest BCUT2D eigenvalue weighted by Crippen LogP contribution is 2.15. The van der Waals surface area contributed by atoms with Crippen LogP contribution < -0.4 is 5.73 Å². The summed E-state index contributed by atoms with van der Waals surface area (Å²) in [6.07, 6.45) is 0. The number of carbonyl (C=O) groups is 1. The smallest absolute Gasteiger partial charge is 0.349 e. The van der Waals surface area contributed by atoms with Crippen LogP contribution in [0.2, 0.25) is 5.02 Å². The van der Waals surface area contributed by atoms with Gasteiger partial charge in [0.1, 0.15) is 5.88 Å². The van der Waals surface area contributed by atoms with Gasteiger partial charge in [0.05, 0.1) is 4.90 Å². The lowest BCUT2D eigenvalue weighted by atomic mass is 10.4. The van der Waals surface area contributed by atoms with Crippen molar-refractivity contribution in [3.63, 3.8) is 0 Å². The Kier molecular flexibility index (Phi) is 4.94. The number of nitrogens with two attached hydrogens (primary N) is 1. The molecule has 2 N–H and O–H groups in total. The van der Waals surface area contributed by atoms with Gasteiger partial charge in [0.25, 0.3) is 5.17 Å². The van der Waals surface area contributed by atoms with E-state index >= 15 is 0 Å². The number of benzene rings is 1. The van der Waals surface area contributed by atoms with E-state index in [9.17, 15) is 13.2 Å². The summed E-state index contributed by atoms with van der Waals surface area (Å²) in [7, 11) is -4.01. The zero-order valence-corrected chi connectivity index (χ0v) is 11.2. The Bertz CT molecular complexity index is 569. The Balaban J connectivity index is 2.99. The minimum absolute atomic E-state index is 0.116. The Labute approximate surface area is 113 Å². The van der Waals surface area contributed by atoms with Gasteiger partial charge >= 0.3 is 5.97 Å². The van der Waals surface area contributed by atoms with Gasteiger partial charge in [0.15, 0.2) is 0 Å². The number of halogens is 2. The number of rotatable bonds is 3. The van der Waals surface area contributed by atoms with Crippen LogP contribution in [0.5, 0.6) is 0 Å². The Morgan fingerprint density at radius 3 is 2.39 bits per heavy atom. The molecule has 1 rings (SSSR count). The van der Waals surface area contributed by atoms with Gasteiger partial charge in [-0.15, -0.1) is 11.6 Å². The number of hydrogen-bond donors (Lipinski definition) is 1. The van der Waals surface area contributed by atoms with Gasteiger partial charge in [0, 0.05) is 5.02 Å². The van der Waals surface area contributed by atoms with Gasteiger partial charge in [-0.1, -0.05) is 11.6 Å². The molecule has 98 valence electrons. The molecule has 0 atom stereocenters. The predicted molar refractivity (Wildman–Crippen MR) is 67.1 cm³/mol. The zero-order valence-electron chi connectivity index (χ0n) is 8.84. The molecule has 0 aliphatic carbocycles. The second kappa shape index (κ2) is 6.03. The van der Waals surface area contributed by atoms with E-state index < -0.39 is 26.9 Å². The summed E-state index contributed by atoms with van der Waals surface area (Å²) in [5, 5.41) is 2.53. The van der Waals surface area contributed by atoms with Crippen molar-refractivity contribution >= 4 is 44.2 Å². The molecule has 0 amide bonds. The second-order valence-electron chi connectivity index (χ2n) is 2.98. The molecule has 0 spiro atoms. The van der Waals surface area contributed by atoms with Crippen LogP contribution in [0.3, 0.4) is 0 Å². The summed E-state index contributed by atoms with van der Waals surface area (Å²) < 4.78 is 23.6. The molecule has 1 aromatic carbocycles. The van der Waals surface area contributed by atoms with Crippen LogP contribution in [0.4, 0.5) is 0 Å². The minimum atomic E-state index is -4.01. The van der Waals surface area contributed by atoms with E-state index in [2.05, 4.69) is 9.99 Å². The summed E-state index contributed by atoms with van der Waals surface area (Å²) in [6.45, 7) is 0. The minimum Gasteiger partial charge on any atom is -0.371 e. The fourth-order valence-electron chi connectivity index (χ4n) is 0.904. The molecule has 1 aromatic rings. The van der Waals surface area contributed by atoms with Crippen LogP contribution in [0, 0.1) is 0 Å². The summed E-state index contributed by atoms with van der Waals surface area (Å²) in [5.74, 6) is -1.37. The number of alkyl halides is 1. The molecule has 0 saturated heterocycles. The number of hydrogen-bond acceptors (Lipinski definition) is 5.